The summed E-state index contributed by atoms with van der Waals surface area (Å²) in [7, 11) is 0. The summed E-state index contributed by atoms with van der Waals surface area (Å²) >= 11 is 1.41. The molecule has 0 atom stereocenters. The van der Waals surface area contributed by atoms with Gasteiger partial charge < -0.3 is 15.4 Å². The third-order valence-electron chi connectivity index (χ3n) is 4.96. The average molecular weight is 402 g/mol. The summed E-state index contributed by atoms with van der Waals surface area (Å²) < 4.78 is 5.81. The molecule has 1 aromatic carbocycles. The van der Waals surface area contributed by atoms with E-state index in [4.69, 9.17) is 4.74 Å². The number of hydrogen-bond donors (Lipinski definition) is 2. The van der Waals surface area contributed by atoms with E-state index in [2.05, 4.69) is 43.3 Å². The van der Waals surface area contributed by atoms with Gasteiger partial charge in [-0.25, -0.2) is 4.98 Å². The van der Waals surface area contributed by atoms with Crippen LogP contribution in [-0.2, 0) is 6.61 Å². The van der Waals surface area contributed by atoms with Crippen LogP contribution in [0.3, 0.4) is 0 Å². The Morgan fingerprint density at radius 2 is 1.79 bits per heavy atom. The number of aromatic nitrogens is 1. The molecule has 0 spiro atoms. The zero-order valence-corrected chi connectivity index (χ0v) is 18.5. The van der Waals surface area contributed by atoms with Crippen LogP contribution in [-0.4, -0.2) is 28.0 Å². The highest BCUT2D eigenvalue weighted by atomic mass is 32.1. The largest absolute Gasteiger partial charge is 0.486 e. The van der Waals surface area contributed by atoms with Crippen LogP contribution in [0.25, 0.3) is 0 Å². The summed E-state index contributed by atoms with van der Waals surface area (Å²) in [5, 5.41) is 7.69. The van der Waals surface area contributed by atoms with Gasteiger partial charge in [0.2, 0.25) is 0 Å². The van der Waals surface area contributed by atoms with Crippen molar-refractivity contribution in [3.05, 3.63) is 45.4 Å². The number of benzene rings is 1. The molecule has 2 heterocycles. The van der Waals surface area contributed by atoms with Crippen molar-refractivity contribution >= 4 is 17.2 Å². The molecular weight excluding hydrogens is 370 g/mol. The molecule has 0 radical (unpaired) electrons. The van der Waals surface area contributed by atoms with Gasteiger partial charge in [-0.15, -0.1) is 11.3 Å². The summed E-state index contributed by atoms with van der Waals surface area (Å²) in [6, 6.07) is 8.08. The standard InChI is InChI=1S/C22H31N3O2S/c1-14-7-9-17(10-8-14)27-13-18-23-15(2)19(28-18)20(26)24-16-11-21(3,4)25-22(5,6)12-16/h7-10,16,25H,11-13H2,1-6H3,(H,24,26). The molecule has 1 fully saturated rings. The SMILES string of the molecule is Cc1ccc(OCc2nc(C)c(C(=O)NC3CC(C)(C)NC(C)(C)C3)s2)cc1. The van der Waals surface area contributed by atoms with E-state index >= 15 is 0 Å². The number of nitrogens with zero attached hydrogens (tertiary/aromatic N) is 1. The predicted molar refractivity (Wildman–Crippen MR) is 114 cm³/mol. The molecular formula is C22H31N3O2S. The van der Waals surface area contributed by atoms with Crippen LogP contribution in [0, 0.1) is 13.8 Å². The molecule has 0 aliphatic carbocycles. The van der Waals surface area contributed by atoms with Crippen molar-refractivity contribution in [2.45, 2.75) is 78.1 Å². The average Bonchev–Trinajstić information content (AvgIpc) is 2.92. The smallest absolute Gasteiger partial charge is 0.263 e. The Morgan fingerprint density at radius 3 is 2.39 bits per heavy atom. The highest BCUT2D eigenvalue weighted by Gasteiger charge is 2.38. The minimum absolute atomic E-state index is 0.00448. The predicted octanol–water partition coefficient (Wildman–Crippen LogP) is 4.38. The first-order valence-electron chi connectivity index (χ1n) is 9.79. The lowest BCUT2D eigenvalue weighted by molar-refractivity contribution is 0.0876. The molecule has 1 aliphatic rings. The highest BCUT2D eigenvalue weighted by Crippen LogP contribution is 2.29. The van der Waals surface area contributed by atoms with Gasteiger partial charge in [0.1, 0.15) is 22.2 Å². The number of thiazole rings is 1. The number of ether oxygens (including phenoxy) is 1. The minimum Gasteiger partial charge on any atom is -0.486 e. The summed E-state index contributed by atoms with van der Waals surface area (Å²) in [5.41, 5.74) is 1.95. The number of rotatable bonds is 5. The number of carbonyl (C=O) groups excluding carboxylic acids is 1. The van der Waals surface area contributed by atoms with E-state index in [1.807, 2.05) is 38.1 Å². The second-order valence-corrected chi connectivity index (χ2v) is 10.2. The highest BCUT2D eigenvalue weighted by molar-refractivity contribution is 7.13. The normalized spacial score (nSPS) is 18.6. The fourth-order valence-corrected chi connectivity index (χ4v) is 5.06. The summed E-state index contributed by atoms with van der Waals surface area (Å²) in [6.07, 6.45) is 1.81. The van der Waals surface area contributed by atoms with Gasteiger partial charge >= 0.3 is 0 Å². The maximum atomic E-state index is 12.9. The van der Waals surface area contributed by atoms with Crippen molar-refractivity contribution in [1.29, 1.82) is 0 Å². The quantitative estimate of drug-likeness (QED) is 0.780. The molecule has 5 nitrogen and oxygen atoms in total. The first-order valence-corrected chi connectivity index (χ1v) is 10.6. The van der Waals surface area contributed by atoms with Gasteiger partial charge in [-0.2, -0.15) is 0 Å². The third-order valence-corrected chi connectivity index (χ3v) is 6.09. The van der Waals surface area contributed by atoms with Crippen molar-refractivity contribution in [2.75, 3.05) is 0 Å². The van der Waals surface area contributed by atoms with E-state index < -0.39 is 0 Å². The number of aryl methyl sites for hydroxylation is 2. The zero-order chi connectivity index (χ0) is 20.5. The van der Waals surface area contributed by atoms with E-state index in [0.29, 0.717) is 11.5 Å². The van der Waals surface area contributed by atoms with Gasteiger partial charge in [-0.1, -0.05) is 17.7 Å². The lowest BCUT2D eigenvalue weighted by Crippen LogP contribution is -2.62. The number of piperidine rings is 1. The van der Waals surface area contributed by atoms with E-state index in [-0.39, 0.29) is 23.0 Å². The van der Waals surface area contributed by atoms with Crippen molar-refractivity contribution in [3.63, 3.8) is 0 Å². The molecule has 1 aliphatic heterocycles. The van der Waals surface area contributed by atoms with Crippen molar-refractivity contribution in [2.24, 2.45) is 0 Å². The summed E-state index contributed by atoms with van der Waals surface area (Å²) in [4.78, 5) is 18.1. The lowest BCUT2D eigenvalue weighted by Gasteiger charge is -2.46. The molecule has 1 saturated heterocycles. The van der Waals surface area contributed by atoms with E-state index in [9.17, 15) is 4.79 Å². The second-order valence-electron chi connectivity index (χ2n) is 9.10. The van der Waals surface area contributed by atoms with E-state index in [1.54, 1.807) is 0 Å². The van der Waals surface area contributed by atoms with Gasteiger partial charge in [0, 0.05) is 17.1 Å². The third kappa shape index (κ3) is 5.32. The number of nitrogens with one attached hydrogen (secondary N) is 2. The fourth-order valence-electron chi connectivity index (χ4n) is 4.18. The van der Waals surface area contributed by atoms with E-state index in [0.717, 1.165) is 29.3 Å². The number of amides is 1. The summed E-state index contributed by atoms with van der Waals surface area (Å²) in [6.45, 7) is 13.0. The van der Waals surface area contributed by atoms with Gasteiger partial charge in [0.25, 0.3) is 5.91 Å². The fraction of sp³-hybridized carbons (Fsp3) is 0.545. The molecule has 0 saturated carbocycles. The molecule has 0 bridgehead atoms. The van der Waals surface area contributed by atoms with Crippen LogP contribution in [0.5, 0.6) is 5.75 Å². The Hall–Kier alpha value is -1.92. The van der Waals surface area contributed by atoms with Crippen LogP contribution in [0.15, 0.2) is 24.3 Å². The number of carbonyl (C=O) groups is 1. The Morgan fingerprint density at radius 1 is 1.18 bits per heavy atom. The van der Waals surface area contributed by atoms with Gasteiger partial charge in [0.05, 0.1) is 5.69 Å². The summed E-state index contributed by atoms with van der Waals surface area (Å²) in [5.74, 6) is 0.777. The molecule has 2 N–H and O–H groups in total. The minimum atomic E-state index is -0.0323. The van der Waals surface area contributed by atoms with Gasteiger partial charge in [-0.3, -0.25) is 4.79 Å². The Bertz CT molecular complexity index is 824. The Kier molecular flexibility index (Phi) is 5.82. The maximum absolute atomic E-state index is 12.9. The van der Waals surface area contributed by atoms with Gasteiger partial charge in [-0.05, 0) is 66.5 Å². The van der Waals surface area contributed by atoms with Crippen LogP contribution in [0.2, 0.25) is 0 Å². The van der Waals surface area contributed by atoms with E-state index in [1.165, 1.54) is 16.9 Å². The first kappa shape index (κ1) is 20.8. The Labute approximate surface area is 171 Å². The van der Waals surface area contributed by atoms with Gasteiger partial charge in [0.15, 0.2) is 0 Å². The molecule has 152 valence electrons. The number of hydrogen-bond acceptors (Lipinski definition) is 5. The molecule has 28 heavy (non-hydrogen) atoms. The molecule has 1 amide bonds. The van der Waals surface area contributed by atoms with Crippen LogP contribution in [0.4, 0.5) is 0 Å². The molecule has 0 unspecified atom stereocenters. The second kappa shape index (κ2) is 7.84. The maximum Gasteiger partial charge on any atom is 0.263 e. The van der Waals surface area contributed by atoms with Crippen LogP contribution >= 0.6 is 11.3 Å². The lowest BCUT2D eigenvalue weighted by atomic mass is 9.79. The Balaban J connectivity index is 1.63. The molecule has 2 aromatic rings. The van der Waals surface area contributed by atoms with Crippen molar-refractivity contribution < 1.29 is 9.53 Å². The van der Waals surface area contributed by atoms with Crippen molar-refractivity contribution in [3.8, 4) is 5.75 Å². The molecule has 6 heteroatoms. The molecule has 3 rings (SSSR count). The zero-order valence-electron chi connectivity index (χ0n) is 17.7. The van der Waals surface area contributed by atoms with Crippen LogP contribution < -0.4 is 15.4 Å². The molecule has 1 aromatic heterocycles. The topological polar surface area (TPSA) is 63.2 Å². The first-order chi connectivity index (χ1) is 13.0. The monoisotopic (exact) mass is 401 g/mol. The van der Waals surface area contributed by atoms with Crippen LogP contribution in [0.1, 0.15) is 66.5 Å². The van der Waals surface area contributed by atoms with Crippen molar-refractivity contribution in [1.82, 2.24) is 15.6 Å².